The molecule has 0 unspecified atom stereocenters. The number of hydrogen-bond acceptors (Lipinski definition) is 4. The largest absolute Gasteiger partial charge is 0.489 e. The number of rotatable bonds is 6. The summed E-state index contributed by atoms with van der Waals surface area (Å²) >= 11 is 0. The molecule has 1 rings (SSSR count). The van der Waals surface area contributed by atoms with Crippen LogP contribution in [0.4, 0.5) is 5.69 Å². The number of nitrogens with one attached hydrogen (secondary N) is 1. The Morgan fingerprint density at radius 1 is 1.39 bits per heavy atom. The number of anilines is 1. The number of amides is 1. The standard InChI is InChI=1S/C12H18N2O3.ClH/c1-9-3-4-10(14-12(15)8-13)11(7-9)17-6-5-16-2;/h3-4,7H,5-6,8,13H2,1-2H3,(H,14,15);1H. The quantitative estimate of drug-likeness (QED) is 0.768. The summed E-state index contributed by atoms with van der Waals surface area (Å²) in [5.74, 6) is 0.384. The lowest BCUT2D eigenvalue weighted by Gasteiger charge is -2.12. The van der Waals surface area contributed by atoms with Crippen molar-refractivity contribution in [3.8, 4) is 5.75 Å². The summed E-state index contributed by atoms with van der Waals surface area (Å²) in [6.45, 7) is 2.84. The van der Waals surface area contributed by atoms with Gasteiger partial charge in [0.05, 0.1) is 18.8 Å². The number of aryl methyl sites for hydroxylation is 1. The first kappa shape index (κ1) is 16.7. The molecule has 6 heteroatoms. The Balaban J connectivity index is 0.00000289. The summed E-state index contributed by atoms with van der Waals surface area (Å²) in [6.07, 6.45) is 0. The van der Waals surface area contributed by atoms with Crippen LogP contribution in [0.25, 0.3) is 0 Å². The van der Waals surface area contributed by atoms with Crippen LogP contribution in [0.1, 0.15) is 5.56 Å². The van der Waals surface area contributed by atoms with E-state index in [1.807, 2.05) is 19.1 Å². The Morgan fingerprint density at radius 3 is 2.72 bits per heavy atom. The molecule has 5 nitrogen and oxygen atoms in total. The van der Waals surface area contributed by atoms with E-state index in [1.165, 1.54) is 0 Å². The molecule has 1 aromatic carbocycles. The molecular formula is C12H19ClN2O3. The van der Waals surface area contributed by atoms with Crippen LogP contribution in [-0.4, -0.2) is 32.8 Å². The third-order valence-corrected chi connectivity index (χ3v) is 2.14. The van der Waals surface area contributed by atoms with Crippen LogP contribution in [0.2, 0.25) is 0 Å². The smallest absolute Gasteiger partial charge is 0.238 e. The van der Waals surface area contributed by atoms with Crippen molar-refractivity contribution in [2.75, 3.05) is 32.2 Å². The molecule has 3 N–H and O–H groups in total. The number of halogens is 1. The van der Waals surface area contributed by atoms with Crippen molar-refractivity contribution < 1.29 is 14.3 Å². The minimum atomic E-state index is -0.245. The summed E-state index contributed by atoms with van der Waals surface area (Å²) < 4.78 is 10.4. The van der Waals surface area contributed by atoms with Crippen LogP contribution in [0.15, 0.2) is 18.2 Å². The van der Waals surface area contributed by atoms with Crippen molar-refractivity contribution >= 4 is 24.0 Å². The number of ether oxygens (including phenoxy) is 2. The SMILES string of the molecule is COCCOc1cc(C)ccc1NC(=O)CN.Cl. The van der Waals surface area contributed by atoms with Crippen molar-refractivity contribution in [1.29, 1.82) is 0 Å². The van der Waals surface area contributed by atoms with Gasteiger partial charge >= 0.3 is 0 Å². The van der Waals surface area contributed by atoms with E-state index in [1.54, 1.807) is 13.2 Å². The minimum absolute atomic E-state index is 0. The van der Waals surface area contributed by atoms with E-state index >= 15 is 0 Å². The highest BCUT2D eigenvalue weighted by atomic mass is 35.5. The van der Waals surface area contributed by atoms with Gasteiger partial charge in [-0.05, 0) is 24.6 Å². The second kappa shape index (κ2) is 8.74. The van der Waals surface area contributed by atoms with E-state index in [4.69, 9.17) is 15.2 Å². The van der Waals surface area contributed by atoms with Crippen LogP contribution < -0.4 is 15.8 Å². The van der Waals surface area contributed by atoms with Crippen molar-refractivity contribution in [3.05, 3.63) is 23.8 Å². The van der Waals surface area contributed by atoms with Gasteiger partial charge in [-0.1, -0.05) is 6.07 Å². The maximum absolute atomic E-state index is 11.2. The molecule has 0 fully saturated rings. The Labute approximate surface area is 113 Å². The number of carbonyl (C=O) groups is 1. The van der Waals surface area contributed by atoms with E-state index in [-0.39, 0.29) is 24.9 Å². The predicted molar refractivity (Wildman–Crippen MR) is 73.5 cm³/mol. The number of carbonyl (C=O) groups excluding carboxylic acids is 1. The van der Waals surface area contributed by atoms with Crippen molar-refractivity contribution in [2.24, 2.45) is 5.73 Å². The molecule has 0 aliphatic heterocycles. The Bertz CT molecular complexity index is 386. The molecule has 0 radical (unpaired) electrons. The lowest BCUT2D eigenvalue weighted by atomic mass is 10.2. The van der Waals surface area contributed by atoms with Crippen molar-refractivity contribution in [3.63, 3.8) is 0 Å². The number of hydrogen-bond donors (Lipinski definition) is 2. The first-order valence-corrected chi connectivity index (χ1v) is 5.39. The lowest BCUT2D eigenvalue weighted by Crippen LogP contribution is -2.22. The van der Waals surface area contributed by atoms with Crippen LogP contribution >= 0.6 is 12.4 Å². The number of benzene rings is 1. The van der Waals surface area contributed by atoms with Crippen LogP contribution in [0.3, 0.4) is 0 Å². The van der Waals surface area contributed by atoms with Crippen LogP contribution in [0, 0.1) is 6.92 Å². The van der Waals surface area contributed by atoms with Gasteiger partial charge in [0.1, 0.15) is 12.4 Å². The molecule has 0 aliphatic carbocycles. The van der Waals surface area contributed by atoms with Gasteiger partial charge in [0, 0.05) is 7.11 Å². The average Bonchev–Trinajstić information content (AvgIpc) is 2.32. The molecule has 0 aromatic heterocycles. The number of nitrogens with two attached hydrogens (primary N) is 1. The molecule has 1 aromatic rings. The van der Waals surface area contributed by atoms with Gasteiger partial charge in [-0.3, -0.25) is 4.79 Å². The van der Waals surface area contributed by atoms with Crippen molar-refractivity contribution in [1.82, 2.24) is 0 Å². The van der Waals surface area contributed by atoms with Crippen molar-refractivity contribution in [2.45, 2.75) is 6.92 Å². The van der Waals surface area contributed by atoms with Gasteiger partial charge in [-0.15, -0.1) is 12.4 Å². The topological polar surface area (TPSA) is 73.6 Å². The van der Waals surface area contributed by atoms with Crippen LogP contribution in [-0.2, 0) is 9.53 Å². The van der Waals surface area contributed by atoms with Gasteiger partial charge in [0.25, 0.3) is 0 Å². The van der Waals surface area contributed by atoms with E-state index in [0.29, 0.717) is 24.7 Å². The van der Waals surface area contributed by atoms with E-state index < -0.39 is 0 Å². The molecule has 0 atom stereocenters. The first-order valence-electron chi connectivity index (χ1n) is 5.39. The Kier molecular flexibility index (Phi) is 8.11. The third-order valence-electron chi connectivity index (χ3n) is 2.14. The molecule has 0 saturated heterocycles. The van der Waals surface area contributed by atoms with Crippen LogP contribution in [0.5, 0.6) is 5.75 Å². The zero-order valence-electron chi connectivity index (χ0n) is 10.6. The van der Waals surface area contributed by atoms with E-state index in [0.717, 1.165) is 5.56 Å². The average molecular weight is 275 g/mol. The Morgan fingerprint density at radius 2 is 2.11 bits per heavy atom. The van der Waals surface area contributed by atoms with Gasteiger partial charge in [0.2, 0.25) is 5.91 Å². The fraction of sp³-hybridized carbons (Fsp3) is 0.417. The highest BCUT2D eigenvalue weighted by molar-refractivity contribution is 5.93. The molecule has 0 saturated carbocycles. The highest BCUT2D eigenvalue weighted by Gasteiger charge is 2.07. The maximum Gasteiger partial charge on any atom is 0.238 e. The normalized spacial score (nSPS) is 9.50. The second-order valence-electron chi connectivity index (χ2n) is 3.59. The molecule has 0 spiro atoms. The second-order valence-corrected chi connectivity index (χ2v) is 3.59. The summed E-state index contributed by atoms with van der Waals surface area (Å²) in [6, 6.07) is 5.56. The molecule has 0 heterocycles. The zero-order chi connectivity index (χ0) is 12.7. The van der Waals surface area contributed by atoms with E-state index in [2.05, 4.69) is 5.32 Å². The number of methoxy groups -OCH3 is 1. The van der Waals surface area contributed by atoms with Gasteiger partial charge in [-0.2, -0.15) is 0 Å². The van der Waals surface area contributed by atoms with Gasteiger partial charge < -0.3 is 20.5 Å². The molecule has 1 amide bonds. The Hall–Kier alpha value is -1.30. The third kappa shape index (κ3) is 5.35. The maximum atomic E-state index is 11.2. The summed E-state index contributed by atoms with van der Waals surface area (Å²) in [5.41, 5.74) is 6.93. The van der Waals surface area contributed by atoms with Gasteiger partial charge in [-0.25, -0.2) is 0 Å². The van der Waals surface area contributed by atoms with E-state index in [9.17, 15) is 4.79 Å². The molecular weight excluding hydrogens is 256 g/mol. The molecule has 18 heavy (non-hydrogen) atoms. The summed E-state index contributed by atoms with van der Waals surface area (Å²) in [5, 5.41) is 2.68. The molecule has 0 bridgehead atoms. The highest BCUT2D eigenvalue weighted by Crippen LogP contribution is 2.25. The summed E-state index contributed by atoms with van der Waals surface area (Å²) in [4.78, 5) is 11.2. The monoisotopic (exact) mass is 274 g/mol. The lowest BCUT2D eigenvalue weighted by molar-refractivity contribution is -0.114. The summed E-state index contributed by atoms with van der Waals surface area (Å²) in [7, 11) is 1.61. The predicted octanol–water partition coefficient (Wildman–Crippen LogP) is 1.34. The molecule has 0 aliphatic rings. The zero-order valence-corrected chi connectivity index (χ0v) is 11.4. The fourth-order valence-corrected chi connectivity index (χ4v) is 1.29. The minimum Gasteiger partial charge on any atom is -0.489 e. The fourth-order valence-electron chi connectivity index (χ4n) is 1.29. The molecule has 102 valence electrons. The first-order chi connectivity index (χ1) is 8.17. The van der Waals surface area contributed by atoms with Gasteiger partial charge in [0.15, 0.2) is 0 Å².